The van der Waals surface area contributed by atoms with Gasteiger partial charge in [-0.05, 0) is 28.6 Å². The molecule has 21 heavy (non-hydrogen) atoms. The molecular formula is C12H11Cl2N5OS. The third-order valence-electron chi connectivity index (χ3n) is 2.28. The minimum Gasteiger partial charge on any atom is -0.325 e. The van der Waals surface area contributed by atoms with Crippen molar-refractivity contribution in [3.63, 3.8) is 0 Å². The molecule has 0 unspecified atom stereocenters. The molecule has 2 aromatic rings. The molecule has 1 aromatic carbocycles. The van der Waals surface area contributed by atoms with Crippen molar-refractivity contribution < 1.29 is 4.79 Å². The predicted molar refractivity (Wildman–Crippen MR) is 83.8 cm³/mol. The number of amides is 1. The van der Waals surface area contributed by atoms with E-state index in [1.807, 2.05) is 0 Å². The highest BCUT2D eigenvalue weighted by atomic mass is 35.5. The summed E-state index contributed by atoms with van der Waals surface area (Å²) < 4.78 is 1.56. The van der Waals surface area contributed by atoms with Gasteiger partial charge in [0.05, 0.1) is 12.3 Å². The van der Waals surface area contributed by atoms with E-state index >= 15 is 0 Å². The first-order chi connectivity index (χ1) is 10.1. The molecule has 0 bridgehead atoms. The van der Waals surface area contributed by atoms with E-state index in [1.54, 1.807) is 29.0 Å². The lowest BCUT2D eigenvalue weighted by Gasteiger charge is -2.06. The highest BCUT2D eigenvalue weighted by molar-refractivity contribution is 7.99. The fraction of sp³-hybridized carbons (Fsp3) is 0.167. The zero-order chi connectivity index (χ0) is 15.2. The first-order valence-corrected chi connectivity index (χ1v) is 7.58. The second-order valence-corrected chi connectivity index (χ2v) is 5.74. The Labute approximate surface area is 135 Å². The van der Waals surface area contributed by atoms with Crippen LogP contribution in [0.3, 0.4) is 0 Å². The number of allylic oxidation sites excluding steroid dienone is 1. The number of hydrogen-bond acceptors (Lipinski definition) is 5. The maximum absolute atomic E-state index is 11.9. The fourth-order valence-corrected chi connectivity index (χ4v) is 2.70. The van der Waals surface area contributed by atoms with Gasteiger partial charge in [0.15, 0.2) is 0 Å². The van der Waals surface area contributed by atoms with Crippen LogP contribution in [0.5, 0.6) is 0 Å². The number of tetrazole rings is 1. The summed E-state index contributed by atoms with van der Waals surface area (Å²) in [5, 5.41) is 15.4. The standard InChI is InChI=1S/C12H11Cl2N5OS/c1-2-3-19-12(16-17-18-19)21-7-11(20)15-10-5-8(13)4-9(14)6-10/h2,4-6H,1,3,7H2,(H,15,20). The van der Waals surface area contributed by atoms with Gasteiger partial charge in [-0.2, -0.15) is 0 Å². The molecule has 0 atom stereocenters. The smallest absolute Gasteiger partial charge is 0.234 e. The van der Waals surface area contributed by atoms with E-state index in [0.717, 1.165) is 0 Å². The lowest BCUT2D eigenvalue weighted by Crippen LogP contribution is -2.14. The van der Waals surface area contributed by atoms with E-state index in [-0.39, 0.29) is 11.7 Å². The van der Waals surface area contributed by atoms with Gasteiger partial charge in [-0.15, -0.1) is 11.7 Å². The number of nitrogens with zero attached hydrogens (tertiary/aromatic N) is 4. The van der Waals surface area contributed by atoms with Crippen LogP contribution < -0.4 is 5.32 Å². The molecule has 1 heterocycles. The molecule has 1 amide bonds. The molecule has 0 aliphatic rings. The highest BCUT2D eigenvalue weighted by Gasteiger charge is 2.10. The fourth-order valence-electron chi connectivity index (χ4n) is 1.49. The van der Waals surface area contributed by atoms with E-state index < -0.39 is 0 Å². The Balaban J connectivity index is 1.92. The topological polar surface area (TPSA) is 72.7 Å². The highest BCUT2D eigenvalue weighted by Crippen LogP contribution is 2.23. The minimum atomic E-state index is -0.202. The number of nitrogens with one attached hydrogen (secondary N) is 1. The van der Waals surface area contributed by atoms with Crippen LogP contribution in [0.15, 0.2) is 36.0 Å². The maximum Gasteiger partial charge on any atom is 0.234 e. The van der Waals surface area contributed by atoms with Gasteiger partial charge in [0, 0.05) is 15.7 Å². The van der Waals surface area contributed by atoms with E-state index in [9.17, 15) is 4.79 Å². The summed E-state index contributed by atoms with van der Waals surface area (Å²) in [6.07, 6.45) is 1.68. The first kappa shape index (κ1) is 15.8. The number of aromatic nitrogens is 4. The van der Waals surface area contributed by atoms with Crippen molar-refractivity contribution in [2.24, 2.45) is 0 Å². The zero-order valence-corrected chi connectivity index (χ0v) is 13.1. The summed E-state index contributed by atoms with van der Waals surface area (Å²) in [5.74, 6) is -0.0340. The Hall–Kier alpha value is -1.57. The average Bonchev–Trinajstić information content (AvgIpc) is 2.83. The Morgan fingerprint density at radius 2 is 2.10 bits per heavy atom. The van der Waals surface area contributed by atoms with Gasteiger partial charge in [0.25, 0.3) is 0 Å². The van der Waals surface area contributed by atoms with Gasteiger partial charge < -0.3 is 5.32 Å². The summed E-state index contributed by atoms with van der Waals surface area (Å²) in [6, 6.07) is 4.84. The van der Waals surface area contributed by atoms with Gasteiger partial charge in [0.1, 0.15) is 0 Å². The molecule has 1 N–H and O–H groups in total. The van der Waals surface area contributed by atoms with Crippen LogP contribution in [0.4, 0.5) is 5.69 Å². The summed E-state index contributed by atoms with van der Waals surface area (Å²) >= 11 is 13.0. The second-order valence-electron chi connectivity index (χ2n) is 3.93. The molecule has 0 aliphatic heterocycles. The molecule has 6 nitrogen and oxygen atoms in total. The Kier molecular flexibility index (Phi) is 5.60. The third kappa shape index (κ3) is 4.73. The number of hydrogen-bond donors (Lipinski definition) is 1. The number of benzene rings is 1. The van der Waals surface area contributed by atoms with Crippen molar-refractivity contribution >= 4 is 46.6 Å². The number of carbonyl (C=O) groups excluding carboxylic acids is 1. The van der Waals surface area contributed by atoms with Crippen LogP contribution >= 0.6 is 35.0 Å². The van der Waals surface area contributed by atoms with Crippen molar-refractivity contribution in [1.29, 1.82) is 0 Å². The quantitative estimate of drug-likeness (QED) is 0.644. The van der Waals surface area contributed by atoms with E-state index in [4.69, 9.17) is 23.2 Å². The maximum atomic E-state index is 11.9. The lowest BCUT2D eigenvalue weighted by atomic mass is 10.3. The first-order valence-electron chi connectivity index (χ1n) is 5.84. The van der Waals surface area contributed by atoms with Crippen LogP contribution in [0.2, 0.25) is 10.0 Å². The van der Waals surface area contributed by atoms with Gasteiger partial charge in [0.2, 0.25) is 11.1 Å². The minimum absolute atomic E-state index is 0.168. The molecular weight excluding hydrogens is 333 g/mol. The second kappa shape index (κ2) is 7.44. The van der Waals surface area contributed by atoms with Gasteiger partial charge in [-0.3, -0.25) is 4.79 Å². The normalized spacial score (nSPS) is 10.4. The number of halogens is 2. The third-order valence-corrected chi connectivity index (χ3v) is 3.67. The summed E-state index contributed by atoms with van der Waals surface area (Å²) in [6.45, 7) is 4.10. The number of carbonyl (C=O) groups is 1. The van der Waals surface area contributed by atoms with Crippen LogP contribution in [-0.4, -0.2) is 31.9 Å². The SMILES string of the molecule is C=CCn1nnnc1SCC(=O)Nc1cc(Cl)cc(Cl)c1. The lowest BCUT2D eigenvalue weighted by molar-refractivity contribution is -0.113. The predicted octanol–water partition coefficient (Wildman–Crippen LogP) is 2.90. The molecule has 0 saturated heterocycles. The average molecular weight is 344 g/mol. The molecule has 0 radical (unpaired) electrons. The van der Waals surface area contributed by atoms with Crippen LogP contribution in [-0.2, 0) is 11.3 Å². The Bertz CT molecular complexity index is 641. The number of thioether (sulfide) groups is 1. The van der Waals surface area contributed by atoms with E-state index in [2.05, 4.69) is 27.4 Å². The molecule has 110 valence electrons. The largest absolute Gasteiger partial charge is 0.325 e. The summed E-state index contributed by atoms with van der Waals surface area (Å²) in [4.78, 5) is 11.9. The van der Waals surface area contributed by atoms with Crippen molar-refractivity contribution in [3.05, 3.63) is 40.9 Å². The van der Waals surface area contributed by atoms with E-state index in [0.29, 0.717) is 27.4 Å². The number of anilines is 1. The van der Waals surface area contributed by atoms with Crippen molar-refractivity contribution in [1.82, 2.24) is 20.2 Å². The molecule has 0 aliphatic carbocycles. The molecule has 0 spiro atoms. The molecule has 9 heteroatoms. The van der Waals surface area contributed by atoms with Gasteiger partial charge in [-0.1, -0.05) is 41.0 Å². The molecule has 2 rings (SSSR count). The zero-order valence-electron chi connectivity index (χ0n) is 10.8. The van der Waals surface area contributed by atoms with Gasteiger partial charge in [-0.25, -0.2) is 4.68 Å². The van der Waals surface area contributed by atoms with Gasteiger partial charge >= 0.3 is 0 Å². The Morgan fingerprint density at radius 3 is 2.76 bits per heavy atom. The van der Waals surface area contributed by atoms with E-state index in [1.165, 1.54) is 11.8 Å². The van der Waals surface area contributed by atoms with Crippen LogP contribution in [0.1, 0.15) is 0 Å². The Morgan fingerprint density at radius 1 is 1.38 bits per heavy atom. The van der Waals surface area contributed by atoms with Crippen molar-refractivity contribution in [3.8, 4) is 0 Å². The molecule has 0 saturated carbocycles. The van der Waals surface area contributed by atoms with Crippen LogP contribution in [0.25, 0.3) is 0 Å². The number of rotatable bonds is 6. The summed E-state index contributed by atoms with van der Waals surface area (Å²) in [5.41, 5.74) is 0.545. The van der Waals surface area contributed by atoms with Crippen LogP contribution in [0, 0.1) is 0 Å². The monoisotopic (exact) mass is 343 g/mol. The molecule has 1 aromatic heterocycles. The van der Waals surface area contributed by atoms with Crippen molar-refractivity contribution in [2.45, 2.75) is 11.7 Å². The summed E-state index contributed by atoms with van der Waals surface area (Å²) in [7, 11) is 0. The van der Waals surface area contributed by atoms with Crippen molar-refractivity contribution in [2.75, 3.05) is 11.1 Å². The molecule has 0 fully saturated rings.